The molecule has 0 N–H and O–H groups in total. The SMILES string of the molecule is CCCOC(=O)c1c(C)nn(C)c1C. The van der Waals surface area contributed by atoms with Gasteiger partial charge in [0.05, 0.1) is 12.3 Å². The van der Waals surface area contributed by atoms with Crippen LogP contribution in [-0.2, 0) is 11.8 Å². The first-order valence-electron chi connectivity index (χ1n) is 4.75. The fraction of sp³-hybridized carbons (Fsp3) is 0.600. The van der Waals surface area contributed by atoms with Crippen molar-refractivity contribution in [2.24, 2.45) is 7.05 Å². The highest BCUT2D eigenvalue weighted by Gasteiger charge is 2.17. The summed E-state index contributed by atoms with van der Waals surface area (Å²) in [5.74, 6) is -0.269. The highest BCUT2D eigenvalue weighted by Crippen LogP contribution is 2.13. The van der Waals surface area contributed by atoms with Crippen molar-refractivity contribution >= 4 is 5.97 Å². The summed E-state index contributed by atoms with van der Waals surface area (Å²) in [5.41, 5.74) is 2.18. The van der Waals surface area contributed by atoms with E-state index in [4.69, 9.17) is 4.74 Å². The largest absolute Gasteiger partial charge is 0.462 e. The first kappa shape index (κ1) is 10.8. The van der Waals surface area contributed by atoms with E-state index in [1.54, 1.807) is 4.68 Å². The number of esters is 1. The average molecular weight is 196 g/mol. The Bertz CT molecular complexity index is 342. The van der Waals surface area contributed by atoms with E-state index in [0.29, 0.717) is 12.2 Å². The van der Waals surface area contributed by atoms with Gasteiger partial charge in [0.2, 0.25) is 0 Å². The molecule has 0 saturated heterocycles. The van der Waals surface area contributed by atoms with Crippen molar-refractivity contribution in [2.75, 3.05) is 6.61 Å². The van der Waals surface area contributed by atoms with Crippen LogP contribution in [0.5, 0.6) is 0 Å². The summed E-state index contributed by atoms with van der Waals surface area (Å²) in [5, 5.41) is 4.16. The van der Waals surface area contributed by atoms with Gasteiger partial charge in [-0.2, -0.15) is 5.10 Å². The lowest BCUT2D eigenvalue weighted by molar-refractivity contribution is 0.0503. The molecule has 14 heavy (non-hydrogen) atoms. The van der Waals surface area contributed by atoms with E-state index >= 15 is 0 Å². The molecule has 0 aliphatic rings. The van der Waals surface area contributed by atoms with Crippen molar-refractivity contribution in [3.63, 3.8) is 0 Å². The van der Waals surface area contributed by atoms with Crippen molar-refractivity contribution in [2.45, 2.75) is 27.2 Å². The van der Waals surface area contributed by atoms with E-state index in [0.717, 1.165) is 17.8 Å². The van der Waals surface area contributed by atoms with E-state index in [2.05, 4.69) is 5.10 Å². The lowest BCUT2D eigenvalue weighted by Crippen LogP contribution is -2.08. The van der Waals surface area contributed by atoms with Gasteiger partial charge in [-0.1, -0.05) is 6.92 Å². The van der Waals surface area contributed by atoms with Crippen molar-refractivity contribution in [3.8, 4) is 0 Å². The minimum absolute atomic E-state index is 0.269. The zero-order valence-corrected chi connectivity index (χ0v) is 9.13. The van der Waals surface area contributed by atoms with Crippen LogP contribution in [0.4, 0.5) is 0 Å². The molecule has 0 amide bonds. The lowest BCUT2D eigenvalue weighted by atomic mass is 10.2. The van der Waals surface area contributed by atoms with Crippen LogP contribution >= 0.6 is 0 Å². The second kappa shape index (κ2) is 4.26. The van der Waals surface area contributed by atoms with E-state index in [1.807, 2.05) is 27.8 Å². The van der Waals surface area contributed by atoms with Crippen molar-refractivity contribution in [3.05, 3.63) is 17.0 Å². The molecule has 0 aromatic carbocycles. The second-order valence-electron chi connectivity index (χ2n) is 3.31. The molecule has 0 spiro atoms. The van der Waals surface area contributed by atoms with Gasteiger partial charge in [-0.3, -0.25) is 4.68 Å². The summed E-state index contributed by atoms with van der Waals surface area (Å²) in [6, 6.07) is 0. The first-order chi connectivity index (χ1) is 6.57. The highest BCUT2D eigenvalue weighted by atomic mass is 16.5. The van der Waals surface area contributed by atoms with Crippen LogP contribution < -0.4 is 0 Å². The molecule has 1 aromatic rings. The average Bonchev–Trinajstić information content (AvgIpc) is 2.38. The molecule has 0 radical (unpaired) electrons. The van der Waals surface area contributed by atoms with Crippen molar-refractivity contribution in [1.82, 2.24) is 9.78 Å². The summed E-state index contributed by atoms with van der Waals surface area (Å²) in [6.07, 6.45) is 0.837. The number of hydrogen-bond donors (Lipinski definition) is 0. The third-order valence-corrected chi connectivity index (χ3v) is 2.15. The van der Waals surface area contributed by atoms with Gasteiger partial charge in [0.15, 0.2) is 0 Å². The molecule has 0 bridgehead atoms. The molecule has 0 saturated carbocycles. The molecule has 4 heteroatoms. The predicted molar refractivity (Wildman–Crippen MR) is 53.3 cm³/mol. The predicted octanol–water partition coefficient (Wildman–Crippen LogP) is 1.60. The minimum atomic E-state index is -0.269. The zero-order valence-electron chi connectivity index (χ0n) is 9.13. The summed E-state index contributed by atoms with van der Waals surface area (Å²) >= 11 is 0. The maximum absolute atomic E-state index is 11.6. The smallest absolute Gasteiger partial charge is 0.341 e. The van der Waals surface area contributed by atoms with E-state index in [9.17, 15) is 4.79 Å². The Kier molecular flexibility index (Phi) is 3.28. The van der Waals surface area contributed by atoms with Gasteiger partial charge in [0, 0.05) is 12.7 Å². The van der Waals surface area contributed by atoms with Crippen LogP contribution in [0, 0.1) is 13.8 Å². The number of ether oxygens (including phenoxy) is 1. The Labute approximate surface area is 83.9 Å². The van der Waals surface area contributed by atoms with Crippen molar-refractivity contribution in [1.29, 1.82) is 0 Å². The van der Waals surface area contributed by atoms with Crippen molar-refractivity contribution < 1.29 is 9.53 Å². The van der Waals surface area contributed by atoms with Gasteiger partial charge >= 0.3 is 5.97 Å². The molecule has 0 unspecified atom stereocenters. The van der Waals surface area contributed by atoms with E-state index < -0.39 is 0 Å². The molecule has 0 atom stereocenters. The normalized spacial score (nSPS) is 10.3. The van der Waals surface area contributed by atoms with Gasteiger partial charge in [-0.15, -0.1) is 0 Å². The van der Waals surface area contributed by atoms with Gasteiger partial charge < -0.3 is 4.74 Å². The summed E-state index contributed by atoms with van der Waals surface area (Å²) in [6.45, 7) is 6.11. The van der Waals surface area contributed by atoms with Gasteiger partial charge in [-0.25, -0.2) is 4.79 Å². The number of aromatic nitrogens is 2. The molecule has 0 aliphatic heterocycles. The maximum Gasteiger partial charge on any atom is 0.341 e. The lowest BCUT2D eigenvalue weighted by Gasteiger charge is -2.02. The molecular weight excluding hydrogens is 180 g/mol. The number of carbonyl (C=O) groups is 1. The topological polar surface area (TPSA) is 44.1 Å². The Morgan fingerprint density at radius 3 is 2.57 bits per heavy atom. The number of aryl methyl sites for hydroxylation is 2. The van der Waals surface area contributed by atoms with Crippen LogP contribution in [0.3, 0.4) is 0 Å². The molecule has 0 fully saturated rings. The number of hydrogen-bond acceptors (Lipinski definition) is 3. The molecule has 1 aromatic heterocycles. The maximum atomic E-state index is 11.6. The third kappa shape index (κ3) is 1.95. The summed E-state index contributed by atoms with van der Waals surface area (Å²) < 4.78 is 6.75. The summed E-state index contributed by atoms with van der Waals surface area (Å²) in [7, 11) is 1.82. The second-order valence-corrected chi connectivity index (χ2v) is 3.31. The molecule has 4 nitrogen and oxygen atoms in total. The Hall–Kier alpha value is -1.32. The Morgan fingerprint density at radius 1 is 1.50 bits per heavy atom. The third-order valence-electron chi connectivity index (χ3n) is 2.15. The highest BCUT2D eigenvalue weighted by molar-refractivity contribution is 5.91. The molecule has 1 heterocycles. The van der Waals surface area contributed by atoms with Gasteiger partial charge in [0.1, 0.15) is 5.56 Å². The van der Waals surface area contributed by atoms with Crippen LogP contribution in [0.15, 0.2) is 0 Å². The number of rotatable bonds is 3. The number of nitrogens with zero attached hydrogens (tertiary/aromatic N) is 2. The van der Waals surface area contributed by atoms with Crippen LogP contribution in [0.25, 0.3) is 0 Å². The standard InChI is InChI=1S/C10H16N2O2/c1-5-6-14-10(13)9-7(2)11-12(4)8(9)3/h5-6H2,1-4H3. The summed E-state index contributed by atoms with van der Waals surface area (Å²) in [4.78, 5) is 11.6. The molecule has 1 rings (SSSR count). The van der Waals surface area contributed by atoms with E-state index in [-0.39, 0.29) is 5.97 Å². The zero-order chi connectivity index (χ0) is 10.7. The van der Waals surface area contributed by atoms with Gasteiger partial charge in [-0.05, 0) is 20.3 Å². The first-order valence-corrected chi connectivity index (χ1v) is 4.75. The molecule has 0 aliphatic carbocycles. The van der Waals surface area contributed by atoms with Crippen LogP contribution in [0.2, 0.25) is 0 Å². The van der Waals surface area contributed by atoms with Crippen LogP contribution in [-0.4, -0.2) is 22.4 Å². The monoisotopic (exact) mass is 196 g/mol. The Morgan fingerprint density at radius 2 is 2.14 bits per heavy atom. The number of carbonyl (C=O) groups excluding carboxylic acids is 1. The van der Waals surface area contributed by atoms with Gasteiger partial charge in [0.25, 0.3) is 0 Å². The molecule has 78 valence electrons. The minimum Gasteiger partial charge on any atom is -0.462 e. The fourth-order valence-electron chi connectivity index (χ4n) is 1.34. The Balaban J connectivity index is 2.89. The van der Waals surface area contributed by atoms with E-state index in [1.165, 1.54) is 0 Å². The van der Waals surface area contributed by atoms with Crippen LogP contribution in [0.1, 0.15) is 35.1 Å². The quantitative estimate of drug-likeness (QED) is 0.690. The fourth-order valence-corrected chi connectivity index (χ4v) is 1.34. The molecular formula is C10H16N2O2.